The predicted molar refractivity (Wildman–Crippen MR) is 57.0 cm³/mol. The Morgan fingerprint density at radius 3 is 2.46 bits per heavy atom. The van der Waals surface area contributed by atoms with E-state index in [4.69, 9.17) is 10.8 Å². The number of carboxylic acid groups (broad SMARTS) is 1. The fraction of sp³-hybridized carbons (Fsp3) is 0.667. The molecule has 4 heteroatoms. The second-order valence-corrected chi connectivity index (χ2v) is 5.29. The first-order valence-corrected chi connectivity index (χ1v) is 5.02. The Labute approximate surface area is 83.4 Å². The van der Waals surface area contributed by atoms with E-state index in [9.17, 15) is 4.79 Å². The average Bonchev–Trinajstić information content (AvgIpc) is 1.99. The molecular weight excluding hydrogens is 186 g/mol. The van der Waals surface area contributed by atoms with Crippen molar-refractivity contribution in [1.82, 2.24) is 0 Å². The molecule has 3 nitrogen and oxygen atoms in total. The van der Waals surface area contributed by atoms with Crippen molar-refractivity contribution in [1.29, 1.82) is 0 Å². The van der Waals surface area contributed by atoms with Gasteiger partial charge in [0.25, 0.3) is 0 Å². The lowest BCUT2D eigenvalue weighted by molar-refractivity contribution is -0.139. The van der Waals surface area contributed by atoms with Crippen LogP contribution in [0.5, 0.6) is 0 Å². The molecule has 0 aromatic heterocycles. The number of hydrogen-bond acceptors (Lipinski definition) is 3. The minimum Gasteiger partial charge on any atom is -0.480 e. The van der Waals surface area contributed by atoms with Crippen LogP contribution in [0.2, 0.25) is 0 Å². The Kier molecular flexibility index (Phi) is 4.50. The van der Waals surface area contributed by atoms with E-state index in [-0.39, 0.29) is 0 Å². The maximum atomic E-state index is 10.6. The van der Waals surface area contributed by atoms with Gasteiger partial charge in [0.15, 0.2) is 0 Å². The van der Waals surface area contributed by atoms with Crippen LogP contribution < -0.4 is 5.73 Å². The van der Waals surface area contributed by atoms with Crippen LogP contribution in [0, 0.1) is 0 Å². The zero-order chi connectivity index (χ0) is 10.6. The third-order valence-corrected chi connectivity index (χ3v) is 3.34. The van der Waals surface area contributed by atoms with E-state index in [2.05, 4.69) is 6.58 Å². The van der Waals surface area contributed by atoms with Gasteiger partial charge in [-0.2, -0.15) is 0 Å². The molecule has 0 heterocycles. The van der Waals surface area contributed by atoms with Gasteiger partial charge in [-0.3, -0.25) is 4.79 Å². The molecule has 0 aliphatic carbocycles. The van der Waals surface area contributed by atoms with Crippen molar-refractivity contribution in [2.24, 2.45) is 5.73 Å². The summed E-state index contributed by atoms with van der Waals surface area (Å²) in [6.45, 7) is 9.33. The minimum atomic E-state index is -0.959. The average molecular weight is 203 g/mol. The van der Waals surface area contributed by atoms with Crippen LogP contribution >= 0.6 is 11.8 Å². The van der Waals surface area contributed by atoms with Gasteiger partial charge in [-0.25, -0.2) is 0 Å². The SMILES string of the molecule is C=C(C)CSC(C)(C)[C@H](N)C(=O)O. The van der Waals surface area contributed by atoms with Crippen LogP contribution in [-0.4, -0.2) is 27.6 Å². The lowest BCUT2D eigenvalue weighted by Gasteiger charge is -2.27. The molecule has 0 spiro atoms. The highest BCUT2D eigenvalue weighted by Crippen LogP contribution is 2.28. The summed E-state index contributed by atoms with van der Waals surface area (Å²) in [5.41, 5.74) is 6.55. The molecule has 0 saturated carbocycles. The smallest absolute Gasteiger partial charge is 0.321 e. The molecule has 0 saturated heterocycles. The summed E-state index contributed by atoms with van der Waals surface area (Å²) in [7, 11) is 0. The highest BCUT2D eigenvalue weighted by molar-refractivity contribution is 8.00. The molecule has 3 N–H and O–H groups in total. The second kappa shape index (κ2) is 4.67. The third-order valence-electron chi connectivity index (χ3n) is 1.71. The van der Waals surface area contributed by atoms with E-state index in [1.54, 1.807) is 0 Å². The number of carboxylic acids is 1. The molecule has 0 aromatic rings. The number of rotatable bonds is 5. The third kappa shape index (κ3) is 4.33. The van der Waals surface area contributed by atoms with Crippen molar-refractivity contribution < 1.29 is 9.90 Å². The normalized spacial score (nSPS) is 13.8. The molecule has 0 rings (SSSR count). The quantitative estimate of drug-likeness (QED) is 0.664. The summed E-state index contributed by atoms with van der Waals surface area (Å²) in [5, 5.41) is 8.72. The topological polar surface area (TPSA) is 63.3 Å². The lowest BCUT2D eigenvalue weighted by atomic mass is 10.1. The van der Waals surface area contributed by atoms with Crippen LogP contribution in [0.4, 0.5) is 0 Å². The number of hydrogen-bond donors (Lipinski definition) is 2. The molecule has 0 bridgehead atoms. The van der Waals surface area contributed by atoms with Crippen molar-refractivity contribution in [2.75, 3.05) is 5.75 Å². The molecule has 13 heavy (non-hydrogen) atoms. The summed E-state index contributed by atoms with van der Waals surface area (Å²) < 4.78 is -0.454. The van der Waals surface area contributed by atoms with Gasteiger partial charge < -0.3 is 10.8 Å². The Morgan fingerprint density at radius 2 is 2.15 bits per heavy atom. The Morgan fingerprint density at radius 1 is 1.69 bits per heavy atom. The zero-order valence-corrected chi connectivity index (χ0v) is 9.15. The van der Waals surface area contributed by atoms with E-state index in [1.807, 2.05) is 20.8 Å². The molecule has 0 aliphatic heterocycles. The summed E-state index contributed by atoms with van der Waals surface area (Å²) >= 11 is 1.52. The maximum absolute atomic E-state index is 10.6. The molecule has 0 aromatic carbocycles. The fourth-order valence-corrected chi connectivity index (χ4v) is 1.60. The first kappa shape index (κ1) is 12.5. The van der Waals surface area contributed by atoms with Crippen LogP contribution in [0.1, 0.15) is 20.8 Å². The standard InChI is InChI=1S/C9H17NO2S/c1-6(2)5-13-9(3,4)7(10)8(11)12/h7H,1,5,10H2,2-4H3,(H,11,12)/t7-/m1/s1. The van der Waals surface area contributed by atoms with Crippen molar-refractivity contribution in [3.8, 4) is 0 Å². The molecule has 0 aliphatic rings. The van der Waals surface area contributed by atoms with Gasteiger partial charge in [0, 0.05) is 10.5 Å². The fourth-order valence-electron chi connectivity index (χ4n) is 0.696. The van der Waals surface area contributed by atoms with Gasteiger partial charge in [0.2, 0.25) is 0 Å². The molecule has 76 valence electrons. The van der Waals surface area contributed by atoms with Crippen molar-refractivity contribution in [2.45, 2.75) is 31.6 Å². The Balaban J connectivity index is 4.21. The number of thioether (sulfide) groups is 1. The predicted octanol–water partition coefficient (Wildman–Crippen LogP) is 1.49. The highest BCUT2D eigenvalue weighted by Gasteiger charge is 2.32. The Bertz CT molecular complexity index is 214. The molecule has 0 unspecified atom stereocenters. The second-order valence-electron chi connectivity index (χ2n) is 3.67. The zero-order valence-electron chi connectivity index (χ0n) is 8.33. The monoisotopic (exact) mass is 203 g/mol. The van der Waals surface area contributed by atoms with Crippen molar-refractivity contribution in [3.63, 3.8) is 0 Å². The summed E-state index contributed by atoms with van der Waals surface area (Å²) in [5.74, 6) is -0.215. The van der Waals surface area contributed by atoms with Crippen LogP contribution in [0.3, 0.4) is 0 Å². The van der Waals surface area contributed by atoms with E-state index in [0.717, 1.165) is 11.3 Å². The highest BCUT2D eigenvalue weighted by atomic mass is 32.2. The minimum absolute atomic E-state index is 0.454. The van der Waals surface area contributed by atoms with Gasteiger partial charge >= 0.3 is 5.97 Å². The van der Waals surface area contributed by atoms with E-state index >= 15 is 0 Å². The number of nitrogens with two attached hydrogens (primary N) is 1. The van der Waals surface area contributed by atoms with Gasteiger partial charge in [0.05, 0.1) is 0 Å². The van der Waals surface area contributed by atoms with Crippen LogP contribution in [-0.2, 0) is 4.79 Å². The van der Waals surface area contributed by atoms with Crippen molar-refractivity contribution in [3.05, 3.63) is 12.2 Å². The number of aliphatic carboxylic acids is 1. The summed E-state index contributed by atoms with van der Waals surface area (Å²) in [6, 6.07) is -0.836. The maximum Gasteiger partial charge on any atom is 0.321 e. The molecule has 0 radical (unpaired) electrons. The first-order valence-electron chi connectivity index (χ1n) is 4.04. The largest absolute Gasteiger partial charge is 0.480 e. The van der Waals surface area contributed by atoms with Gasteiger partial charge in [-0.05, 0) is 20.8 Å². The first-order chi connectivity index (χ1) is 5.77. The lowest BCUT2D eigenvalue weighted by Crippen LogP contribution is -2.46. The van der Waals surface area contributed by atoms with E-state index < -0.39 is 16.8 Å². The van der Waals surface area contributed by atoms with E-state index in [1.165, 1.54) is 11.8 Å². The van der Waals surface area contributed by atoms with E-state index in [0.29, 0.717) is 0 Å². The molecular formula is C9H17NO2S. The summed E-state index contributed by atoms with van der Waals surface area (Å²) in [4.78, 5) is 10.6. The van der Waals surface area contributed by atoms with Gasteiger partial charge in [-0.1, -0.05) is 12.2 Å². The van der Waals surface area contributed by atoms with Gasteiger partial charge in [-0.15, -0.1) is 11.8 Å². The Hall–Kier alpha value is -0.480. The van der Waals surface area contributed by atoms with Crippen LogP contribution in [0.25, 0.3) is 0 Å². The molecule has 0 amide bonds. The molecule has 1 atom stereocenters. The van der Waals surface area contributed by atoms with Crippen molar-refractivity contribution >= 4 is 17.7 Å². The number of carbonyl (C=O) groups is 1. The molecule has 0 fully saturated rings. The van der Waals surface area contributed by atoms with Crippen LogP contribution in [0.15, 0.2) is 12.2 Å². The van der Waals surface area contributed by atoms with Gasteiger partial charge in [0.1, 0.15) is 6.04 Å². The summed E-state index contributed by atoms with van der Waals surface area (Å²) in [6.07, 6.45) is 0.